The standard InChI is InChI=1S/C11H14O2S/c12-10-3-1-8(2-4-10)5-9-6-14-7-11(9)13/h1-4,9,11-13H,5-7H2. The molecule has 2 atom stereocenters. The molecule has 14 heavy (non-hydrogen) atoms. The molecule has 1 fully saturated rings. The van der Waals surface area contributed by atoms with Gasteiger partial charge in [0.2, 0.25) is 0 Å². The Labute approximate surface area is 88.0 Å². The number of phenolic OH excluding ortho intramolecular Hbond substituents is 1. The molecule has 2 unspecified atom stereocenters. The van der Waals surface area contributed by atoms with E-state index in [4.69, 9.17) is 5.11 Å². The van der Waals surface area contributed by atoms with E-state index < -0.39 is 0 Å². The minimum absolute atomic E-state index is 0.159. The van der Waals surface area contributed by atoms with E-state index in [1.54, 1.807) is 12.1 Å². The number of rotatable bonds is 2. The summed E-state index contributed by atoms with van der Waals surface area (Å²) in [4.78, 5) is 0. The quantitative estimate of drug-likeness (QED) is 0.780. The second-order valence-corrected chi connectivity index (χ2v) is 4.81. The number of phenols is 1. The van der Waals surface area contributed by atoms with Crippen molar-refractivity contribution in [2.75, 3.05) is 11.5 Å². The summed E-state index contributed by atoms with van der Waals surface area (Å²) >= 11 is 1.81. The molecule has 1 aliphatic heterocycles. The summed E-state index contributed by atoms with van der Waals surface area (Å²) in [5, 5.41) is 18.8. The van der Waals surface area contributed by atoms with Crippen LogP contribution in [0.15, 0.2) is 24.3 Å². The molecule has 0 saturated carbocycles. The topological polar surface area (TPSA) is 40.5 Å². The largest absolute Gasteiger partial charge is 0.508 e. The van der Waals surface area contributed by atoms with Crippen LogP contribution in [0.4, 0.5) is 0 Å². The number of benzene rings is 1. The van der Waals surface area contributed by atoms with Crippen molar-refractivity contribution in [1.29, 1.82) is 0 Å². The molecule has 0 radical (unpaired) electrons. The van der Waals surface area contributed by atoms with Gasteiger partial charge in [-0.25, -0.2) is 0 Å². The predicted octanol–water partition coefficient (Wildman–Crippen LogP) is 1.66. The van der Waals surface area contributed by atoms with Gasteiger partial charge in [-0.15, -0.1) is 0 Å². The number of aliphatic hydroxyl groups is 1. The molecular formula is C11H14O2S. The average molecular weight is 210 g/mol. The van der Waals surface area contributed by atoms with Gasteiger partial charge in [0, 0.05) is 5.75 Å². The molecule has 3 heteroatoms. The molecule has 76 valence electrons. The Balaban J connectivity index is 2.00. The highest BCUT2D eigenvalue weighted by atomic mass is 32.2. The lowest BCUT2D eigenvalue weighted by Crippen LogP contribution is -2.19. The van der Waals surface area contributed by atoms with Gasteiger partial charge in [-0.05, 0) is 35.8 Å². The van der Waals surface area contributed by atoms with Gasteiger partial charge in [-0.1, -0.05) is 12.1 Å². The fourth-order valence-electron chi connectivity index (χ4n) is 1.72. The van der Waals surface area contributed by atoms with Crippen molar-refractivity contribution in [3.63, 3.8) is 0 Å². The molecule has 1 aliphatic rings. The Kier molecular flexibility index (Phi) is 2.99. The predicted molar refractivity (Wildman–Crippen MR) is 58.6 cm³/mol. The van der Waals surface area contributed by atoms with Gasteiger partial charge in [0.05, 0.1) is 6.10 Å². The number of hydrogen-bond donors (Lipinski definition) is 2. The molecule has 0 amide bonds. The van der Waals surface area contributed by atoms with Crippen molar-refractivity contribution in [1.82, 2.24) is 0 Å². The molecule has 2 N–H and O–H groups in total. The van der Waals surface area contributed by atoms with Crippen LogP contribution in [0, 0.1) is 5.92 Å². The fraction of sp³-hybridized carbons (Fsp3) is 0.455. The van der Waals surface area contributed by atoms with Gasteiger partial charge < -0.3 is 10.2 Å². The van der Waals surface area contributed by atoms with Crippen LogP contribution in [0.25, 0.3) is 0 Å². The van der Waals surface area contributed by atoms with Crippen molar-refractivity contribution in [2.45, 2.75) is 12.5 Å². The summed E-state index contributed by atoms with van der Waals surface area (Å²) in [7, 11) is 0. The number of hydrogen-bond acceptors (Lipinski definition) is 3. The Hall–Kier alpha value is -0.670. The molecule has 0 spiro atoms. The van der Waals surface area contributed by atoms with Gasteiger partial charge in [0.25, 0.3) is 0 Å². The molecule has 1 heterocycles. The van der Waals surface area contributed by atoms with Crippen LogP contribution in [-0.2, 0) is 6.42 Å². The monoisotopic (exact) mass is 210 g/mol. The van der Waals surface area contributed by atoms with Crippen LogP contribution in [-0.4, -0.2) is 27.8 Å². The summed E-state index contributed by atoms with van der Waals surface area (Å²) in [6.07, 6.45) is 0.753. The highest BCUT2D eigenvalue weighted by Gasteiger charge is 2.25. The van der Waals surface area contributed by atoms with E-state index in [0.29, 0.717) is 11.7 Å². The smallest absolute Gasteiger partial charge is 0.115 e. The van der Waals surface area contributed by atoms with E-state index >= 15 is 0 Å². The summed E-state index contributed by atoms with van der Waals surface area (Å²) in [5.74, 6) is 2.59. The summed E-state index contributed by atoms with van der Waals surface area (Å²) in [6.45, 7) is 0. The third-order valence-electron chi connectivity index (χ3n) is 2.60. The normalized spacial score (nSPS) is 26.6. The lowest BCUT2D eigenvalue weighted by molar-refractivity contribution is 0.150. The van der Waals surface area contributed by atoms with Gasteiger partial charge >= 0.3 is 0 Å². The maximum Gasteiger partial charge on any atom is 0.115 e. The zero-order valence-electron chi connectivity index (χ0n) is 7.89. The first-order valence-electron chi connectivity index (χ1n) is 4.79. The van der Waals surface area contributed by atoms with Crippen LogP contribution in [0.5, 0.6) is 5.75 Å². The van der Waals surface area contributed by atoms with Crippen LogP contribution >= 0.6 is 11.8 Å². The molecule has 0 aliphatic carbocycles. The number of aromatic hydroxyl groups is 1. The lowest BCUT2D eigenvalue weighted by atomic mass is 9.97. The van der Waals surface area contributed by atoms with E-state index in [1.807, 2.05) is 23.9 Å². The van der Waals surface area contributed by atoms with Crippen molar-refractivity contribution in [2.24, 2.45) is 5.92 Å². The molecule has 1 aromatic carbocycles. The first kappa shape index (κ1) is 9.87. The Morgan fingerprint density at radius 1 is 1.21 bits per heavy atom. The third-order valence-corrected chi connectivity index (χ3v) is 3.84. The first-order valence-corrected chi connectivity index (χ1v) is 5.95. The molecule has 2 rings (SSSR count). The van der Waals surface area contributed by atoms with E-state index in [1.165, 1.54) is 5.56 Å². The highest BCUT2D eigenvalue weighted by Crippen LogP contribution is 2.27. The summed E-state index contributed by atoms with van der Waals surface area (Å²) in [6, 6.07) is 7.24. The van der Waals surface area contributed by atoms with Crippen LogP contribution < -0.4 is 0 Å². The molecule has 1 aromatic rings. The molecule has 0 aromatic heterocycles. The zero-order valence-corrected chi connectivity index (χ0v) is 8.70. The number of thioether (sulfide) groups is 1. The zero-order chi connectivity index (χ0) is 9.97. The third kappa shape index (κ3) is 2.22. The SMILES string of the molecule is Oc1ccc(CC2CSCC2O)cc1. The molecule has 2 nitrogen and oxygen atoms in total. The lowest BCUT2D eigenvalue weighted by Gasteiger charge is -2.12. The van der Waals surface area contributed by atoms with Crippen molar-refractivity contribution >= 4 is 11.8 Å². The Morgan fingerprint density at radius 3 is 2.50 bits per heavy atom. The van der Waals surface area contributed by atoms with Crippen LogP contribution in [0.2, 0.25) is 0 Å². The minimum atomic E-state index is -0.159. The van der Waals surface area contributed by atoms with E-state index in [-0.39, 0.29) is 6.10 Å². The van der Waals surface area contributed by atoms with Gasteiger partial charge in [0.1, 0.15) is 5.75 Å². The first-order chi connectivity index (χ1) is 6.75. The second-order valence-electron chi connectivity index (χ2n) is 3.74. The van der Waals surface area contributed by atoms with E-state index in [9.17, 15) is 5.11 Å². The summed E-state index contributed by atoms with van der Waals surface area (Å²) in [5.41, 5.74) is 1.19. The van der Waals surface area contributed by atoms with Gasteiger partial charge in [-0.3, -0.25) is 0 Å². The van der Waals surface area contributed by atoms with Crippen molar-refractivity contribution in [3.8, 4) is 5.75 Å². The number of aliphatic hydroxyl groups excluding tert-OH is 1. The molecular weight excluding hydrogens is 196 g/mol. The van der Waals surface area contributed by atoms with Crippen LogP contribution in [0.3, 0.4) is 0 Å². The minimum Gasteiger partial charge on any atom is -0.508 e. The average Bonchev–Trinajstić information content (AvgIpc) is 2.56. The van der Waals surface area contributed by atoms with Gasteiger partial charge in [0.15, 0.2) is 0 Å². The second kappa shape index (κ2) is 4.24. The molecule has 1 saturated heterocycles. The molecule has 0 bridgehead atoms. The van der Waals surface area contributed by atoms with Crippen molar-refractivity contribution < 1.29 is 10.2 Å². The van der Waals surface area contributed by atoms with E-state index in [0.717, 1.165) is 17.9 Å². The fourth-order valence-corrected chi connectivity index (χ4v) is 3.01. The summed E-state index contributed by atoms with van der Waals surface area (Å²) < 4.78 is 0. The van der Waals surface area contributed by atoms with Gasteiger partial charge in [-0.2, -0.15) is 11.8 Å². The Morgan fingerprint density at radius 2 is 1.93 bits per heavy atom. The van der Waals surface area contributed by atoms with E-state index in [2.05, 4.69) is 0 Å². The highest BCUT2D eigenvalue weighted by molar-refractivity contribution is 7.99. The maximum absolute atomic E-state index is 9.63. The maximum atomic E-state index is 9.63. The van der Waals surface area contributed by atoms with Crippen molar-refractivity contribution in [3.05, 3.63) is 29.8 Å². The van der Waals surface area contributed by atoms with Crippen LogP contribution in [0.1, 0.15) is 5.56 Å². The Bertz CT molecular complexity index is 297.